The van der Waals surface area contributed by atoms with Crippen LogP contribution in [-0.4, -0.2) is 11.4 Å². The van der Waals surface area contributed by atoms with Gasteiger partial charge in [0.05, 0.1) is 6.10 Å². The molecule has 19 heavy (non-hydrogen) atoms. The van der Waals surface area contributed by atoms with E-state index in [-0.39, 0.29) is 0 Å². The van der Waals surface area contributed by atoms with Crippen LogP contribution in [0.1, 0.15) is 18.6 Å². The van der Waals surface area contributed by atoms with Gasteiger partial charge in [-0.15, -0.1) is 11.8 Å². The van der Waals surface area contributed by atoms with Crippen molar-refractivity contribution in [2.24, 2.45) is 0 Å². The van der Waals surface area contributed by atoms with Crippen molar-refractivity contribution in [3.8, 4) is 11.5 Å². The van der Waals surface area contributed by atoms with Crippen molar-refractivity contribution in [2.45, 2.75) is 17.9 Å². The van der Waals surface area contributed by atoms with Crippen molar-refractivity contribution in [3.63, 3.8) is 0 Å². The van der Waals surface area contributed by atoms with Crippen LogP contribution in [0, 0.1) is 0 Å². The van der Waals surface area contributed by atoms with Crippen molar-refractivity contribution in [3.05, 3.63) is 52.5 Å². The Morgan fingerprint density at radius 2 is 1.84 bits per heavy atom. The van der Waals surface area contributed by atoms with Crippen LogP contribution < -0.4 is 4.74 Å². The fraction of sp³-hybridized carbons (Fsp3) is 0.200. The molecule has 2 aromatic carbocycles. The van der Waals surface area contributed by atoms with Crippen molar-refractivity contribution < 1.29 is 9.84 Å². The third kappa shape index (κ3) is 3.75. The molecule has 0 aliphatic heterocycles. The molecule has 0 fully saturated rings. The van der Waals surface area contributed by atoms with E-state index in [2.05, 4.69) is 15.9 Å². The predicted molar refractivity (Wildman–Crippen MR) is 83.1 cm³/mol. The van der Waals surface area contributed by atoms with Gasteiger partial charge in [0.2, 0.25) is 0 Å². The zero-order valence-corrected chi connectivity index (χ0v) is 13.2. The number of halogens is 1. The first-order valence-corrected chi connectivity index (χ1v) is 7.91. The summed E-state index contributed by atoms with van der Waals surface area (Å²) in [6, 6.07) is 13.5. The summed E-state index contributed by atoms with van der Waals surface area (Å²) in [6.45, 7) is 1.73. The Morgan fingerprint density at radius 1 is 1.16 bits per heavy atom. The molecule has 1 unspecified atom stereocenters. The number of aliphatic hydroxyl groups excluding tert-OH is 1. The Morgan fingerprint density at radius 3 is 2.42 bits per heavy atom. The Balaban J connectivity index is 2.26. The van der Waals surface area contributed by atoms with Gasteiger partial charge in [0.15, 0.2) is 0 Å². The maximum atomic E-state index is 9.79. The van der Waals surface area contributed by atoms with Crippen LogP contribution in [0.2, 0.25) is 0 Å². The zero-order valence-electron chi connectivity index (χ0n) is 10.8. The van der Waals surface area contributed by atoms with Crippen molar-refractivity contribution in [1.82, 2.24) is 0 Å². The molecule has 0 heterocycles. The second-order valence-electron chi connectivity index (χ2n) is 4.14. The van der Waals surface area contributed by atoms with Crippen LogP contribution in [0.4, 0.5) is 0 Å². The van der Waals surface area contributed by atoms with Gasteiger partial charge in [0.1, 0.15) is 11.5 Å². The third-order valence-corrected chi connectivity index (χ3v) is 3.95. The van der Waals surface area contributed by atoms with Crippen LogP contribution in [0.5, 0.6) is 11.5 Å². The number of hydrogen-bond acceptors (Lipinski definition) is 3. The van der Waals surface area contributed by atoms with E-state index in [1.54, 1.807) is 18.7 Å². The third-order valence-electron chi connectivity index (χ3n) is 2.71. The fourth-order valence-corrected chi connectivity index (χ4v) is 2.50. The van der Waals surface area contributed by atoms with E-state index in [0.29, 0.717) is 5.75 Å². The summed E-state index contributed by atoms with van der Waals surface area (Å²) in [5.74, 6) is 1.44. The van der Waals surface area contributed by atoms with Gasteiger partial charge in [-0.3, -0.25) is 0 Å². The van der Waals surface area contributed by atoms with E-state index in [4.69, 9.17) is 4.74 Å². The summed E-state index contributed by atoms with van der Waals surface area (Å²) in [4.78, 5) is 1.19. The second-order valence-corrected chi connectivity index (χ2v) is 5.93. The highest BCUT2D eigenvalue weighted by Gasteiger charge is 2.10. The molecule has 100 valence electrons. The monoisotopic (exact) mass is 338 g/mol. The van der Waals surface area contributed by atoms with Crippen molar-refractivity contribution in [2.75, 3.05) is 6.26 Å². The van der Waals surface area contributed by atoms with Gasteiger partial charge in [-0.1, -0.05) is 15.9 Å². The highest BCUT2D eigenvalue weighted by molar-refractivity contribution is 9.10. The number of benzene rings is 2. The molecule has 0 saturated carbocycles. The van der Waals surface area contributed by atoms with E-state index >= 15 is 0 Å². The summed E-state index contributed by atoms with van der Waals surface area (Å²) in [7, 11) is 0. The highest BCUT2D eigenvalue weighted by atomic mass is 79.9. The normalized spacial score (nSPS) is 12.2. The van der Waals surface area contributed by atoms with Gasteiger partial charge < -0.3 is 9.84 Å². The quantitative estimate of drug-likeness (QED) is 0.794. The summed E-state index contributed by atoms with van der Waals surface area (Å²) < 4.78 is 6.76. The van der Waals surface area contributed by atoms with E-state index < -0.39 is 6.10 Å². The van der Waals surface area contributed by atoms with Gasteiger partial charge >= 0.3 is 0 Å². The van der Waals surface area contributed by atoms with E-state index in [1.807, 2.05) is 48.7 Å². The molecule has 2 aromatic rings. The van der Waals surface area contributed by atoms with Crippen LogP contribution in [0.15, 0.2) is 51.8 Å². The first kappa shape index (κ1) is 14.4. The van der Waals surface area contributed by atoms with Crippen LogP contribution in [-0.2, 0) is 0 Å². The minimum Gasteiger partial charge on any atom is -0.457 e. The summed E-state index contributed by atoms with van der Waals surface area (Å²) in [6.07, 6.45) is 1.47. The Labute approximate surface area is 125 Å². The van der Waals surface area contributed by atoms with Crippen LogP contribution >= 0.6 is 27.7 Å². The molecule has 0 bridgehead atoms. The Hall–Kier alpha value is -0.970. The summed E-state index contributed by atoms with van der Waals surface area (Å²) in [5, 5.41) is 9.79. The second kappa shape index (κ2) is 6.46. The number of thioether (sulfide) groups is 1. The van der Waals surface area contributed by atoms with Crippen LogP contribution in [0.3, 0.4) is 0 Å². The van der Waals surface area contributed by atoms with Gasteiger partial charge in [0, 0.05) is 14.9 Å². The smallest absolute Gasteiger partial charge is 0.133 e. The molecule has 0 aromatic heterocycles. The minimum atomic E-state index is -0.571. The number of hydrogen-bond donors (Lipinski definition) is 1. The Kier molecular flexibility index (Phi) is 4.91. The summed E-state index contributed by atoms with van der Waals surface area (Å²) >= 11 is 5.09. The van der Waals surface area contributed by atoms with E-state index in [1.165, 1.54) is 4.90 Å². The molecule has 0 saturated heterocycles. The standard InChI is InChI=1S/C15H15BrO2S/c1-10(17)14-9-11(16)3-8-15(14)18-12-4-6-13(19-2)7-5-12/h3-10,17H,1-2H3. The average Bonchev–Trinajstić information content (AvgIpc) is 2.41. The van der Waals surface area contributed by atoms with E-state index in [0.717, 1.165) is 15.8 Å². The maximum Gasteiger partial charge on any atom is 0.133 e. The average molecular weight is 339 g/mol. The minimum absolute atomic E-state index is 0.571. The lowest BCUT2D eigenvalue weighted by atomic mass is 10.1. The number of rotatable bonds is 4. The van der Waals surface area contributed by atoms with Gasteiger partial charge in [0.25, 0.3) is 0 Å². The van der Waals surface area contributed by atoms with Gasteiger partial charge in [-0.05, 0) is 55.6 Å². The van der Waals surface area contributed by atoms with Gasteiger partial charge in [-0.2, -0.15) is 0 Å². The maximum absolute atomic E-state index is 9.79. The molecule has 0 spiro atoms. The molecule has 0 amide bonds. The predicted octanol–water partition coefficient (Wildman–Crippen LogP) is 5.02. The van der Waals surface area contributed by atoms with Crippen molar-refractivity contribution in [1.29, 1.82) is 0 Å². The number of ether oxygens (including phenoxy) is 1. The molecule has 2 nitrogen and oxygen atoms in total. The fourth-order valence-electron chi connectivity index (χ4n) is 1.71. The SMILES string of the molecule is CSc1ccc(Oc2ccc(Br)cc2C(C)O)cc1. The van der Waals surface area contributed by atoms with Gasteiger partial charge in [-0.25, -0.2) is 0 Å². The van der Waals surface area contributed by atoms with E-state index in [9.17, 15) is 5.11 Å². The highest BCUT2D eigenvalue weighted by Crippen LogP contribution is 2.32. The molecule has 2 rings (SSSR count). The molecule has 0 aliphatic rings. The topological polar surface area (TPSA) is 29.5 Å². The molecule has 1 N–H and O–H groups in total. The first-order valence-electron chi connectivity index (χ1n) is 5.89. The zero-order chi connectivity index (χ0) is 13.8. The largest absolute Gasteiger partial charge is 0.457 e. The lowest BCUT2D eigenvalue weighted by Gasteiger charge is -2.13. The van der Waals surface area contributed by atoms with Crippen LogP contribution in [0.25, 0.3) is 0 Å². The lowest BCUT2D eigenvalue weighted by molar-refractivity contribution is 0.195. The molecular formula is C15H15BrO2S. The van der Waals surface area contributed by atoms with Crippen molar-refractivity contribution >= 4 is 27.7 Å². The Bertz CT molecular complexity index is 553. The molecular weight excluding hydrogens is 324 g/mol. The molecule has 1 atom stereocenters. The lowest BCUT2D eigenvalue weighted by Crippen LogP contribution is -1.96. The number of aliphatic hydroxyl groups is 1. The molecule has 0 aliphatic carbocycles. The molecule has 4 heteroatoms. The molecule has 0 radical (unpaired) electrons. The first-order chi connectivity index (χ1) is 9.10. The summed E-state index contributed by atoms with van der Waals surface area (Å²) in [5.41, 5.74) is 0.767.